The Morgan fingerprint density at radius 3 is 2.30 bits per heavy atom. The minimum atomic E-state index is 0.0580. The monoisotopic (exact) mass is 368 g/mol. The molecule has 0 aliphatic heterocycles. The second-order valence-electron chi connectivity index (χ2n) is 8.97. The number of benzene rings is 1. The van der Waals surface area contributed by atoms with Crippen LogP contribution in [0.2, 0.25) is 0 Å². The fourth-order valence-electron chi connectivity index (χ4n) is 4.16. The number of nitrogens with zero attached hydrogens (tertiary/aromatic N) is 4. The molecule has 27 heavy (non-hydrogen) atoms. The van der Waals surface area contributed by atoms with Crippen LogP contribution in [-0.4, -0.2) is 32.6 Å². The number of amides is 1. The highest BCUT2D eigenvalue weighted by molar-refractivity contribution is 5.79. The van der Waals surface area contributed by atoms with Gasteiger partial charge in [-0.05, 0) is 61.6 Å². The largest absolute Gasteiger partial charge is 0.339 e. The molecule has 1 unspecified atom stereocenters. The molecule has 1 aliphatic carbocycles. The van der Waals surface area contributed by atoms with Crippen LogP contribution < -0.4 is 0 Å². The molecule has 0 spiro atoms. The zero-order valence-electron chi connectivity index (χ0n) is 17.2. The Hall–Kier alpha value is -2.17. The van der Waals surface area contributed by atoms with Gasteiger partial charge in [-0.25, -0.2) is 9.67 Å². The Kier molecular flexibility index (Phi) is 5.68. The molecule has 1 saturated carbocycles. The van der Waals surface area contributed by atoms with E-state index < -0.39 is 0 Å². The third-order valence-corrected chi connectivity index (χ3v) is 6.29. The average molecular weight is 369 g/mol. The van der Waals surface area contributed by atoms with Gasteiger partial charge in [0.15, 0.2) is 0 Å². The molecule has 1 fully saturated rings. The zero-order chi connectivity index (χ0) is 19.6. The van der Waals surface area contributed by atoms with Crippen molar-refractivity contribution in [3.8, 4) is 5.69 Å². The van der Waals surface area contributed by atoms with Crippen LogP contribution >= 0.6 is 0 Å². The summed E-state index contributed by atoms with van der Waals surface area (Å²) in [6.07, 6.45) is 7.56. The van der Waals surface area contributed by atoms with Crippen molar-refractivity contribution >= 4 is 5.91 Å². The highest BCUT2D eigenvalue weighted by Crippen LogP contribution is 2.40. The first-order valence-electron chi connectivity index (χ1n) is 9.99. The van der Waals surface area contributed by atoms with Crippen molar-refractivity contribution in [1.29, 1.82) is 0 Å². The Bertz CT molecular complexity index is 738. The first kappa shape index (κ1) is 19.6. The first-order valence-corrected chi connectivity index (χ1v) is 9.99. The van der Waals surface area contributed by atoms with Gasteiger partial charge in [-0.1, -0.05) is 32.9 Å². The lowest BCUT2D eigenvalue weighted by Gasteiger charge is -2.38. The molecule has 0 saturated heterocycles. The predicted octanol–water partition coefficient (Wildman–Crippen LogP) is 4.64. The van der Waals surface area contributed by atoms with Gasteiger partial charge in [0.25, 0.3) is 0 Å². The number of hydrogen-bond donors (Lipinski definition) is 0. The lowest BCUT2D eigenvalue weighted by Crippen LogP contribution is -2.38. The number of carbonyl (C=O) groups excluding carboxylic acids is 1. The van der Waals surface area contributed by atoms with Crippen molar-refractivity contribution in [3.63, 3.8) is 0 Å². The summed E-state index contributed by atoms with van der Waals surface area (Å²) in [6.45, 7) is 9.05. The van der Waals surface area contributed by atoms with Gasteiger partial charge >= 0.3 is 0 Å². The fourth-order valence-corrected chi connectivity index (χ4v) is 4.16. The van der Waals surface area contributed by atoms with Gasteiger partial charge in [0.05, 0.1) is 11.7 Å². The SMILES string of the molecule is CC(c1ccc(-n2cncn2)cc1)N(C)C(=O)C1CCC(C(C)(C)C)CC1. The van der Waals surface area contributed by atoms with Crippen LogP contribution in [-0.2, 0) is 4.79 Å². The average Bonchev–Trinajstić information content (AvgIpc) is 3.20. The second-order valence-corrected chi connectivity index (χ2v) is 8.97. The van der Waals surface area contributed by atoms with Crippen LogP contribution in [0.5, 0.6) is 0 Å². The van der Waals surface area contributed by atoms with Crippen LogP contribution in [0, 0.1) is 17.3 Å². The molecule has 0 radical (unpaired) electrons. The van der Waals surface area contributed by atoms with E-state index in [2.05, 4.69) is 49.9 Å². The summed E-state index contributed by atoms with van der Waals surface area (Å²) >= 11 is 0. The highest BCUT2D eigenvalue weighted by atomic mass is 16.2. The van der Waals surface area contributed by atoms with E-state index in [1.807, 2.05) is 24.1 Å². The Balaban J connectivity index is 1.61. The minimum Gasteiger partial charge on any atom is -0.339 e. The second kappa shape index (κ2) is 7.83. The topological polar surface area (TPSA) is 51.0 Å². The molecule has 2 aromatic rings. The summed E-state index contributed by atoms with van der Waals surface area (Å²) in [7, 11) is 1.94. The molecule has 1 heterocycles. The number of rotatable bonds is 4. The highest BCUT2D eigenvalue weighted by Gasteiger charge is 2.34. The van der Waals surface area contributed by atoms with Gasteiger partial charge < -0.3 is 4.90 Å². The Morgan fingerprint density at radius 1 is 1.15 bits per heavy atom. The smallest absolute Gasteiger partial charge is 0.225 e. The van der Waals surface area contributed by atoms with Crippen LogP contribution in [0.3, 0.4) is 0 Å². The standard InChI is InChI=1S/C22H32N4O/c1-16(17-8-12-20(13-9-17)26-15-23-14-24-26)25(5)21(27)18-6-10-19(11-7-18)22(2,3)4/h8-9,12-16,18-19H,6-7,10-11H2,1-5H3. The van der Waals surface area contributed by atoms with Crippen molar-refractivity contribution in [2.24, 2.45) is 17.3 Å². The van der Waals surface area contributed by atoms with Crippen LogP contribution in [0.25, 0.3) is 5.69 Å². The van der Waals surface area contributed by atoms with E-state index in [9.17, 15) is 4.79 Å². The number of hydrogen-bond acceptors (Lipinski definition) is 3. The first-order chi connectivity index (χ1) is 12.8. The van der Waals surface area contributed by atoms with Crippen molar-refractivity contribution in [1.82, 2.24) is 19.7 Å². The number of carbonyl (C=O) groups is 1. The molecule has 5 heteroatoms. The molecular formula is C22H32N4O. The van der Waals surface area contributed by atoms with E-state index in [1.54, 1.807) is 11.0 Å². The third-order valence-electron chi connectivity index (χ3n) is 6.29. The van der Waals surface area contributed by atoms with Gasteiger partial charge in [-0.3, -0.25) is 4.79 Å². The fraction of sp³-hybridized carbons (Fsp3) is 0.591. The molecule has 1 aromatic heterocycles. The molecule has 1 aliphatic rings. The van der Waals surface area contributed by atoms with Gasteiger partial charge in [0.2, 0.25) is 5.91 Å². The molecular weight excluding hydrogens is 336 g/mol. The quantitative estimate of drug-likeness (QED) is 0.790. The van der Waals surface area contributed by atoms with Gasteiger partial charge in [-0.15, -0.1) is 0 Å². The maximum atomic E-state index is 13.0. The minimum absolute atomic E-state index is 0.0580. The van der Waals surface area contributed by atoms with Gasteiger partial charge in [0.1, 0.15) is 12.7 Å². The molecule has 1 atom stereocenters. The van der Waals surface area contributed by atoms with Crippen molar-refractivity contribution in [2.75, 3.05) is 7.05 Å². The zero-order valence-corrected chi connectivity index (χ0v) is 17.2. The molecule has 3 rings (SSSR count). The van der Waals surface area contributed by atoms with E-state index in [-0.39, 0.29) is 17.9 Å². The molecule has 1 aromatic carbocycles. The third kappa shape index (κ3) is 4.40. The Morgan fingerprint density at radius 2 is 1.78 bits per heavy atom. The lowest BCUT2D eigenvalue weighted by molar-refractivity contribution is -0.137. The Labute approximate surface area is 162 Å². The molecule has 5 nitrogen and oxygen atoms in total. The maximum Gasteiger partial charge on any atom is 0.225 e. The normalized spacial score (nSPS) is 21.7. The van der Waals surface area contributed by atoms with Gasteiger partial charge in [0, 0.05) is 13.0 Å². The van der Waals surface area contributed by atoms with Crippen molar-refractivity contribution < 1.29 is 4.79 Å². The molecule has 146 valence electrons. The molecule has 0 N–H and O–H groups in total. The summed E-state index contributed by atoms with van der Waals surface area (Å²) < 4.78 is 1.73. The summed E-state index contributed by atoms with van der Waals surface area (Å²) in [5.74, 6) is 1.19. The van der Waals surface area contributed by atoms with E-state index in [0.717, 1.165) is 42.9 Å². The number of aromatic nitrogens is 3. The van der Waals surface area contributed by atoms with Gasteiger partial charge in [-0.2, -0.15) is 5.10 Å². The van der Waals surface area contributed by atoms with E-state index in [0.29, 0.717) is 5.41 Å². The van der Waals surface area contributed by atoms with E-state index >= 15 is 0 Å². The lowest BCUT2D eigenvalue weighted by atomic mass is 9.69. The van der Waals surface area contributed by atoms with E-state index in [4.69, 9.17) is 0 Å². The summed E-state index contributed by atoms with van der Waals surface area (Å²) in [4.78, 5) is 18.9. The van der Waals surface area contributed by atoms with E-state index in [1.165, 1.54) is 6.33 Å². The van der Waals surface area contributed by atoms with Crippen LogP contribution in [0.1, 0.15) is 65.0 Å². The van der Waals surface area contributed by atoms with Crippen molar-refractivity contribution in [3.05, 3.63) is 42.5 Å². The maximum absolute atomic E-state index is 13.0. The predicted molar refractivity (Wildman–Crippen MR) is 107 cm³/mol. The van der Waals surface area contributed by atoms with Crippen LogP contribution in [0.15, 0.2) is 36.9 Å². The molecule has 0 bridgehead atoms. The summed E-state index contributed by atoms with van der Waals surface area (Å²) in [6, 6.07) is 8.24. The van der Waals surface area contributed by atoms with Crippen molar-refractivity contribution in [2.45, 2.75) is 59.4 Å². The summed E-state index contributed by atoms with van der Waals surface area (Å²) in [5, 5.41) is 4.15. The van der Waals surface area contributed by atoms with Crippen LogP contribution in [0.4, 0.5) is 0 Å². The molecule has 1 amide bonds. The summed E-state index contributed by atoms with van der Waals surface area (Å²) in [5.41, 5.74) is 2.45.